The highest BCUT2D eigenvalue weighted by molar-refractivity contribution is 7.89. The Labute approximate surface area is 189 Å². The largest absolute Gasteiger partial charge is 0.495 e. The van der Waals surface area contributed by atoms with E-state index in [4.69, 9.17) is 15.9 Å². The third-order valence-electron chi connectivity index (χ3n) is 5.04. The van der Waals surface area contributed by atoms with Crippen LogP contribution in [0.2, 0.25) is 0 Å². The van der Waals surface area contributed by atoms with Gasteiger partial charge in [-0.25, -0.2) is 8.42 Å². The van der Waals surface area contributed by atoms with Crippen molar-refractivity contribution in [2.75, 3.05) is 33.4 Å². The number of benzene rings is 2. The van der Waals surface area contributed by atoms with Crippen molar-refractivity contribution in [1.82, 2.24) is 8.87 Å². The zero-order valence-corrected chi connectivity index (χ0v) is 19.0. The number of fused-ring (bicyclic) bond motifs is 1. The first-order valence-electron chi connectivity index (χ1n) is 9.82. The summed E-state index contributed by atoms with van der Waals surface area (Å²) in [5, 5.41) is 0. The van der Waals surface area contributed by atoms with Crippen molar-refractivity contribution < 1.29 is 22.7 Å². The van der Waals surface area contributed by atoms with Crippen LogP contribution in [0.1, 0.15) is 10.4 Å². The number of sulfonamides is 1. The van der Waals surface area contributed by atoms with Crippen molar-refractivity contribution in [2.45, 2.75) is 11.4 Å². The van der Waals surface area contributed by atoms with Gasteiger partial charge in [0.05, 0.1) is 36.5 Å². The number of aromatic nitrogens is 1. The topological polar surface area (TPSA) is 90.2 Å². The van der Waals surface area contributed by atoms with Gasteiger partial charge in [0.25, 0.3) is 5.91 Å². The monoisotopic (exact) mass is 471 g/mol. The summed E-state index contributed by atoms with van der Waals surface area (Å²) < 4.78 is 40.2. The highest BCUT2D eigenvalue weighted by Crippen LogP contribution is 2.27. The van der Waals surface area contributed by atoms with Gasteiger partial charge < -0.3 is 14.0 Å². The maximum absolute atomic E-state index is 12.8. The number of hydrogen-bond donors (Lipinski definition) is 0. The van der Waals surface area contributed by atoms with E-state index in [9.17, 15) is 13.2 Å². The van der Waals surface area contributed by atoms with Gasteiger partial charge in [0.1, 0.15) is 11.3 Å². The molecule has 1 aliphatic heterocycles. The number of carbonyl (C=O) groups is 1. The van der Waals surface area contributed by atoms with Crippen LogP contribution in [-0.2, 0) is 21.3 Å². The van der Waals surface area contributed by atoms with E-state index in [0.29, 0.717) is 36.9 Å². The molecule has 0 aliphatic carbocycles. The summed E-state index contributed by atoms with van der Waals surface area (Å²) in [6.45, 7) is 1.58. The van der Waals surface area contributed by atoms with Crippen LogP contribution in [0.25, 0.3) is 10.2 Å². The van der Waals surface area contributed by atoms with Gasteiger partial charge in [0.2, 0.25) is 10.0 Å². The number of morpholine rings is 1. The Kier molecular flexibility index (Phi) is 6.43. The van der Waals surface area contributed by atoms with Crippen molar-refractivity contribution in [2.24, 2.45) is 4.99 Å². The summed E-state index contributed by atoms with van der Waals surface area (Å²) in [6, 6.07) is 11.4. The SMILES string of the molecule is C#CCn1c(=NC(=O)c2ccc(S(=O)(=O)N3CCOCC3)cc2)sc2cccc(OC)c21. The van der Waals surface area contributed by atoms with E-state index in [1.165, 1.54) is 39.9 Å². The van der Waals surface area contributed by atoms with Gasteiger partial charge in [0.15, 0.2) is 4.80 Å². The van der Waals surface area contributed by atoms with Crippen LogP contribution in [0.3, 0.4) is 0 Å². The van der Waals surface area contributed by atoms with Crippen LogP contribution in [-0.4, -0.2) is 56.6 Å². The molecule has 0 bridgehead atoms. The Hall–Kier alpha value is -2.97. The second kappa shape index (κ2) is 9.26. The first kappa shape index (κ1) is 22.2. The molecule has 0 spiro atoms. The van der Waals surface area contributed by atoms with E-state index >= 15 is 0 Å². The molecule has 0 atom stereocenters. The molecule has 8 nitrogen and oxygen atoms in total. The van der Waals surface area contributed by atoms with E-state index in [2.05, 4.69) is 10.9 Å². The van der Waals surface area contributed by atoms with Crippen LogP contribution >= 0.6 is 11.3 Å². The van der Waals surface area contributed by atoms with E-state index in [-0.39, 0.29) is 17.0 Å². The lowest BCUT2D eigenvalue weighted by Gasteiger charge is -2.26. The normalized spacial score (nSPS) is 15.6. The number of amides is 1. The average Bonchev–Trinajstić information content (AvgIpc) is 3.17. The fraction of sp³-hybridized carbons (Fsp3) is 0.273. The smallest absolute Gasteiger partial charge is 0.279 e. The molecule has 0 N–H and O–H groups in total. The van der Waals surface area contributed by atoms with Crippen LogP contribution in [0.4, 0.5) is 0 Å². The molecule has 10 heteroatoms. The number of carbonyl (C=O) groups excluding carboxylic acids is 1. The highest BCUT2D eigenvalue weighted by atomic mass is 32.2. The summed E-state index contributed by atoms with van der Waals surface area (Å²) in [4.78, 5) is 17.7. The van der Waals surface area contributed by atoms with Crippen LogP contribution in [0.5, 0.6) is 5.75 Å². The standard InChI is InChI=1S/C22H21N3O5S2/c1-3-11-25-20-18(29-2)5-4-6-19(20)31-22(25)23-21(26)16-7-9-17(10-8-16)32(27,28)24-12-14-30-15-13-24/h1,4-10H,11-15H2,2H3. The van der Waals surface area contributed by atoms with E-state index < -0.39 is 15.9 Å². The molecule has 4 rings (SSSR count). The molecule has 1 fully saturated rings. The molecular formula is C22H21N3O5S2. The molecule has 32 heavy (non-hydrogen) atoms. The minimum absolute atomic E-state index is 0.130. The number of nitrogens with zero attached hydrogens (tertiary/aromatic N) is 3. The fourth-order valence-corrected chi connectivity index (χ4v) is 5.90. The molecular weight excluding hydrogens is 450 g/mol. The number of terminal acetylenes is 1. The molecule has 0 unspecified atom stereocenters. The summed E-state index contributed by atoms with van der Waals surface area (Å²) in [5.41, 5.74) is 1.05. The molecule has 0 saturated carbocycles. The van der Waals surface area contributed by atoms with Gasteiger partial charge in [-0.1, -0.05) is 23.3 Å². The summed E-state index contributed by atoms with van der Waals surface area (Å²) in [5.74, 6) is 2.73. The number of methoxy groups -OCH3 is 1. The molecule has 2 heterocycles. The van der Waals surface area contributed by atoms with Gasteiger partial charge in [-0.05, 0) is 36.4 Å². The van der Waals surface area contributed by atoms with Crippen LogP contribution in [0.15, 0.2) is 52.4 Å². The van der Waals surface area contributed by atoms with E-state index in [1.54, 1.807) is 11.7 Å². The third-order valence-corrected chi connectivity index (χ3v) is 8.00. The molecule has 3 aromatic rings. The number of thiazole rings is 1. The first-order valence-corrected chi connectivity index (χ1v) is 12.1. The van der Waals surface area contributed by atoms with Gasteiger partial charge in [0, 0.05) is 18.7 Å². The van der Waals surface area contributed by atoms with Crippen molar-refractivity contribution in [1.29, 1.82) is 0 Å². The lowest BCUT2D eigenvalue weighted by Crippen LogP contribution is -2.40. The van der Waals surface area contributed by atoms with Gasteiger partial charge in [-0.15, -0.1) is 6.42 Å². The summed E-state index contributed by atoms with van der Waals surface area (Å²) in [7, 11) is -2.06. The van der Waals surface area contributed by atoms with Crippen LogP contribution < -0.4 is 9.54 Å². The predicted octanol–water partition coefficient (Wildman–Crippen LogP) is 2.11. The number of para-hydroxylation sites is 1. The second-order valence-electron chi connectivity index (χ2n) is 6.94. The number of hydrogen-bond acceptors (Lipinski definition) is 6. The number of ether oxygens (including phenoxy) is 2. The molecule has 166 valence electrons. The minimum Gasteiger partial charge on any atom is -0.495 e. The Balaban J connectivity index is 1.68. The maximum Gasteiger partial charge on any atom is 0.279 e. The average molecular weight is 472 g/mol. The predicted molar refractivity (Wildman–Crippen MR) is 121 cm³/mol. The Morgan fingerprint density at radius 2 is 1.94 bits per heavy atom. The lowest BCUT2D eigenvalue weighted by molar-refractivity contribution is 0.0730. The minimum atomic E-state index is -3.63. The van der Waals surface area contributed by atoms with Gasteiger partial charge in [-0.2, -0.15) is 9.30 Å². The molecule has 2 aromatic carbocycles. The van der Waals surface area contributed by atoms with E-state index in [1.807, 2.05) is 18.2 Å². The summed E-state index contributed by atoms with van der Waals surface area (Å²) >= 11 is 1.33. The van der Waals surface area contributed by atoms with Crippen molar-refractivity contribution in [3.63, 3.8) is 0 Å². The van der Waals surface area contributed by atoms with E-state index in [0.717, 1.165) is 10.2 Å². The maximum atomic E-state index is 12.8. The van der Waals surface area contributed by atoms with Gasteiger partial charge in [-0.3, -0.25) is 4.79 Å². The Morgan fingerprint density at radius 1 is 1.22 bits per heavy atom. The van der Waals surface area contributed by atoms with Crippen molar-refractivity contribution in [3.05, 3.63) is 52.8 Å². The molecule has 1 amide bonds. The molecule has 1 aliphatic rings. The second-order valence-corrected chi connectivity index (χ2v) is 9.89. The van der Waals surface area contributed by atoms with Crippen LogP contribution in [0, 0.1) is 12.3 Å². The zero-order chi connectivity index (χ0) is 22.7. The molecule has 1 aromatic heterocycles. The first-order chi connectivity index (χ1) is 15.5. The Bertz CT molecular complexity index is 1360. The highest BCUT2D eigenvalue weighted by Gasteiger charge is 2.26. The third kappa shape index (κ3) is 4.20. The zero-order valence-electron chi connectivity index (χ0n) is 17.4. The quantitative estimate of drug-likeness (QED) is 0.532. The lowest BCUT2D eigenvalue weighted by atomic mass is 10.2. The number of rotatable bonds is 5. The van der Waals surface area contributed by atoms with Crippen molar-refractivity contribution in [3.8, 4) is 18.1 Å². The molecule has 1 saturated heterocycles. The molecule has 0 radical (unpaired) electrons. The summed E-state index contributed by atoms with van der Waals surface area (Å²) in [6.07, 6.45) is 5.53. The van der Waals surface area contributed by atoms with Gasteiger partial charge >= 0.3 is 0 Å². The fourth-order valence-electron chi connectivity index (χ4n) is 3.44. The Morgan fingerprint density at radius 3 is 2.59 bits per heavy atom. The van der Waals surface area contributed by atoms with Crippen molar-refractivity contribution >= 4 is 37.5 Å².